The molecule has 0 spiro atoms. The van der Waals surface area contributed by atoms with Crippen molar-refractivity contribution >= 4 is 21.9 Å². The van der Waals surface area contributed by atoms with Gasteiger partial charge in [0.05, 0.1) is 0 Å². The van der Waals surface area contributed by atoms with Crippen LogP contribution in [0.5, 0.6) is 0 Å². The van der Waals surface area contributed by atoms with Crippen molar-refractivity contribution in [3.05, 3.63) is 222 Å². The van der Waals surface area contributed by atoms with Crippen LogP contribution in [-0.4, -0.2) is 15.0 Å². The lowest BCUT2D eigenvalue weighted by atomic mass is 9.69. The van der Waals surface area contributed by atoms with E-state index in [4.69, 9.17) is 19.4 Å². The maximum atomic E-state index is 6.52. The predicted octanol–water partition coefficient (Wildman–Crippen LogP) is 15.4. The molecule has 2 atom stereocenters. The molecule has 0 fully saturated rings. The number of aromatic nitrogens is 3. The van der Waals surface area contributed by atoms with Crippen molar-refractivity contribution in [2.75, 3.05) is 0 Å². The maximum Gasteiger partial charge on any atom is 0.164 e. The molecule has 2 unspecified atom stereocenters. The molecular weight excluding hydrogens is 779 g/mol. The number of nitrogens with zero attached hydrogens (tertiary/aromatic N) is 3. The lowest BCUT2D eigenvalue weighted by Gasteiger charge is -2.34. The molecule has 2 aromatic heterocycles. The Morgan fingerprint density at radius 3 is 1.77 bits per heavy atom. The first-order chi connectivity index (χ1) is 31.5. The lowest BCUT2D eigenvalue weighted by Crippen LogP contribution is -2.16. The summed E-state index contributed by atoms with van der Waals surface area (Å²) in [7, 11) is 0. The molecule has 8 aromatic carbocycles. The molecule has 4 nitrogen and oxygen atoms in total. The summed E-state index contributed by atoms with van der Waals surface area (Å²) in [6, 6.07) is 63.1. The summed E-state index contributed by atoms with van der Waals surface area (Å²) in [5.41, 5.74) is 19.6. The fraction of sp³-hybridized carbons (Fsp3) is 0.0833. The fourth-order valence-corrected chi connectivity index (χ4v) is 10.7. The molecule has 0 radical (unpaired) electrons. The van der Waals surface area contributed by atoms with Gasteiger partial charge in [-0.25, -0.2) is 15.0 Å². The van der Waals surface area contributed by atoms with Gasteiger partial charge in [0.25, 0.3) is 0 Å². The van der Waals surface area contributed by atoms with E-state index in [2.05, 4.69) is 196 Å². The van der Waals surface area contributed by atoms with E-state index in [0.717, 1.165) is 55.3 Å². The molecule has 64 heavy (non-hydrogen) atoms. The fourth-order valence-electron chi connectivity index (χ4n) is 10.7. The summed E-state index contributed by atoms with van der Waals surface area (Å²) in [4.78, 5) is 15.3. The topological polar surface area (TPSA) is 51.8 Å². The van der Waals surface area contributed by atoms with E-state index in [0.29, 0.717) is 29.3 Å². The van der Waals surface area contributed by atoms with E-state index in [9.17, 15) is 0 Å². The van der Waals surface area contributed by atoms with Gasteiger partial charge in [0, 0.05) is 44.7 Å². The Morgan fingerprint density at radius 1 is 0.391 bits per heavy atom. The molecule has 13 rings (SSSR count). The molecule has 3 aliphatic rings. The highest BCUT2D eigenvalue weighted by atomic mass is 16.3. The third-order valence-corrected chi connectivity index (χ3v) is 13.9. The first-order valence-corrected chi connectivity index (χ1v) is 22.2. The van der Waals surface area contributed by atoms with Crippen LogP contribution in [0.25, 0.3) is 101 Å². The Hall–Kier alpha value is -7.95. The number of benzene rings is 8. The highest BCUT2D eigenvalue weighted by molar-refractivity contribution is 6.13. The predicted molar refractivity (Wildman–Crippen MR) is 261 cm³/mol. The van der Waals surface area contributed by atoms with Gasteiger partial charge in [-0.2, -0.15) is 0 Å². The van der Waals surface area contributed by atoms with Crippen LogP contribution < -0.4 is 0 Å². The quantitative estimate of drug-likeness (QED) is 0.174. The second-order valence-corrected chi connectivity index (χ2v) is 17.9. The SMILES string of the molecule is CC1(C)c2ccccc2-c2ccc(-c3nc(-c4ccccc4)nc(-c4ccc(-c5cccc6oc7ccc(-c8ccc9c(c8)-c8ccccc8C8C=CC=CC98)cc7c56)cc4)n3)cc21. The van der Waals surface area contributed by atoms with E-state index < -0.39 is 0 Å². The van der Waals surface area contributed by atoms with Crippen LogP contribution in [0.15, 0.2) is 205 Å². The van der Waals surface area contributed by atoms with Crippen LogP contribution in [0.1, 0.15) is 47.9 Å². The summed E-state index contributed by atoms with van der Waals surface area (Å²) >= 11 is 0. The van der Waals surface area contributed by atoms with E-state index in [1.807, 2.05) is 18.2 Å². The van der Waals surface area contributed by atoms with Gasteiger partial charge in [-0.15, -0.1) is 0 Å². The minimum atomic E-state index is -0.135. The average molecular weight is 820 g/mol. The molecule has 0 saturated carbocycles. The van der Waals surface area contributed by atoms with E-state index in [1.165, 1.54) is 50.1 Å². The normalized spacial score (nSPS) is 16.3. The van der Waals surface area contributed by atoms with Crippen molar-refractivity contribution < 1.29 is 4.42 Å². The number of hydrogen-bond donors (Lipinski definition) is 0. The summed E-state index contributed by atoms with van der Waals surface area (Å²) in [5.74, 6) is 2.64. The van der Waals surface area contributed by atoms with E-state index in [-0.39, 0.29) is 5.41 Å². The molecule has 0 amide bonds. The molecule has 4 heteroatoms. The summed E-state index contributed by atoms with van der Waals surface area (Å²) in [6.45, 7) is 4.61. The van der Waals surface area contributed by atoms with E-state index >= 15 is 0 Å². The van der Waals surface area contributed by atoms with Crippen LogP contribution in [0.2, 0.25) is 0 Å². The Bertz CT molecular complexity index is 3590. The smallest absolute Gasteiger partial charge is 0.164 e. The molecular formula is C60H41N3O. The zero-order valence-electron chi connectivity index (χ0n) is 35.5. The van der Waals surface area contributed by atoms with Gasteiger partial charge in [0.15, 0.2) is 17.5 Å². The number of fused-ring (bicyclic) bond motifs is 12. The first-order valence-electron chi connectivity index (χ1n) is 22.2. The Kier molecular flexibility index (Phi) is 8.04. The van der Waals surface area contributed by atoms with Crippen LogP contribution in [0.3, 0.4) is 0 Å². The van der Waals surface area contributed by atoms with Crippen molar-refractivity contribution in [2.24, 2.45) is 0 Å². The van der Waals surface area contributed by atoms with Gasteiger partial charge in [-0.05, 0) is 97.1 Å². The highest BCUT2D eigenvalue weighted by Gasteiger charge is 2.36. The Labute approximate surface area is 372 Å². The second-order valence-electron chi connectivity index (χ2n) is 17.9. The summed E-state index contributed by atoms with van der Waals surface area (Å²) < 4.78 is 6.52. The second kappa shape index (κ2) is 14.0. The molecule has 2 heterocycles. The van der Waals surface area contributed by atoms with Crippen molar-refractivity contribution in [1.82, 2.24) is 15.0 Å². The number of furan rings is 1. The zero-order chi connectivity index (χ0) is 42.5. The largest absolute Gasteiger partial charge is 0.456 e. The van der Waals surface area contributed by atoms with Gasteiger partial charge in [-0.3, -0.25) is 0 Å². The minimum Gasteiger partial charge on any atom is -0.456 e. The van der Waals surface area contributed by atoms with Crippen LogP contribution >= 0.6 is 0 Å². The van der Waals surface area contributed by atoms with Gasteiger partial charge >= 0.3 is 0 Å². The van der Waals surface area contributed by atoms with Gasteiger partial charge in [-0.1, -0.05) is 184 Å². The first kappa shape index (κ1) is 36.7. The van der Waals surface area contributed by atoms with Crippen LogP contribution in [-0.2, 0) is 5.41 Å². The van der Waals surface area contributed by atoms with Crippen molar-refractivity contribution in [3.63, 3.8) is 0 Å². The molecule has 0 aliphatic heterocycles. The highest BCUT2D eigenvalue weighted by Crippen LogP contribution is 2.51. The van der Waals surface area contributed by atoms with Crippen molar-refractivity contribution in [3.8, 4) is 78.7 Å². The zero-order valence-corrected chi connectivity index (χ0v) is 35.5. The molecule has 0 saturated heterocycles. The third-order valence-electron chi connectivity index (χ3n) is 13.9. The van der Waals surface area contributed by atoms with Gasteiger partial charge < -0.3 is 4.42 Å². The third kappa shape index (κ3) is 5.65. The monoisotopic (exact) mass is 819 g/mol. The number of rotatable bonds is 5. The number of allylic oxidation sites excluding steroid dienone is 4. The summed E-state index contributed by atoms with van der Waals surface area (Å²) in [6.07, 6.45) is 9.09. The average Bonchev–Trinajstić information content (AvgIpc) is 3.85. The lowest BCUT2D eigenvalue weighted by molar-refractivity contribution is 0.660. The van der Waals surface area contributed by atoms with Crippen LogP contribution in [0.4, 0.5) is 0 Å². The van der Waals surface area contributed by atoms with E-state index in [1.54, 1.807) is 0 Å². The van der Waals surface area contributed by atoms with Gasteiger partial charge in [0.1, 0.15) is 11.2 Å². The summed E-state index contributed by atoms with van der Waals surface area (Å²) in [5, 5.41) is 2.20. The molecule has 0 N–H and O–H groups in total. The van der Waals surface area contributed by atoms with Crippen molar-refractivity contribution in [1.29, 1.82) is 0 Å². The molecule has 10 aromatic rings. The minimum absolute atomic E-state index is 0.135. The molecule has 3 aliphatic carbocycles. The number of hydrogen-bond acceptors (Lipinski definition) is 4. The molecule has 0 bridgehead atoms. The molecule has 302 valence electrons. The van der Waals surface area contributed by atoms with Crippen LogP contribution in [0, 0.1) is 0 Å². The van der Waals surface area contributed by atoms with Crippen molar-refractivity contribution in [2.45, 2.75) is 31.1 Å². The maximum absolute atomic E-state index is 6.52. The standard InChI is InChI=1S/C60H41N3O/c1-60(2)52-21-11-10-19-48(52)49-31-28-41(35-53(49)60)59-62-57(37-13-4-3-5-14-37)61-58(63-59)38-25-23-36(24-26-38)42-20-12-22-55-56(42)51-34-40(29-32-54(51)64-55)39-27-30-47-45-17-7-6-15-43(45)44-16-8-9-18-46(44)50(47)33-39/h3-35,43,45H,1-2H3. The van der Waals surface area contributed by atoms with Gasteiger partial charge in [0.2, 0.25) is 0 Å². The Morgan fingerprint density at radius 2 is 0.969 bits per heavy atom. The Balaban J connectivity index is 0.883.